The van der Waals surface area contributed by atoms with Gasteiger partial charge in [-0.2, -0.15) is 0 Å². The maximum atomic E-state index is 10.6. The summed E-state index contributed by atoms with van der Waals surface area (Å²) < 4.78 is 6.52. The molecule has 2 fully saturated rings. The van der Waals surface area contributed by atoms with Gasteiger partial charge in [-0.05, 0) is 17.9 Å². The lowest BCUT2D eigenvalue weighted by Crippen LogP contribution is -2.56. The van der Waals surface area contributed by atoms with Crippen molar-refractivity contribution in [3.8, 4) is 0 Å². The summed E-state index contributed by atoms with van der Waals surface area (Å²) in [5.74, 6) is 0.958. The molecule has 2 aliphatic rings. The molecule has 0 radical (unpaired) electrons. The second-order valence-corrected chi connectivity index (χ2v) is 6.77. The van der Waals surface area contributed by atoms with Crippen LogP contribution in [-0.2, 0) is 4.74 Å². The van der Waals surface area contributed by atoms with Crippen molar-refractivity contribution < 1.29 is 9.84 Å². The van der Waals surface area contributed by atoms with Crippen LogP contribution >= 0.6 is 11.3 Å². The Kier molecular flexibility index (Phi) is 3.96. The Morgan fingerprint density at radius 2 is 2.09 bits per heavy atom. The quantitative estimate of drug-likeness (QED) is 0.889. The van der Waals surface area contributed by atoms with Crippen LogP contribution in [0, 0.1) is 0 Å². The molecule has 7 heteroatoms. The number of thiophene rings is 1. The van der Waals surface area contributed by atoms with Gasteiger partial charge in [-0.3, -0.25) is 4.90 Å². The van der Waals surface area contributed by atoms with Crippen LogP contribution in [-0.4, -0.2) is 71.5 Å². The minimum atomic E-state index is -0.350. The second-order valence-electron chi connectivity index (χ2n) is 5.85. The highest BCUT2D eigenvalue weighted by Crippen LogP contribution is 2.30. The third-order valence-electron chi connectivity index (χ3n) is 4.58. The smallest absolute Gasteiger partial charge is 0.150 e. The van der Waals surface area contributed by atoms with E-state index in [2.05, 4.69) is 19.8 Å². The fraction of sp³-hybridized carbons (Fsp3) is 0.600. The van der Waals surface area contributed by atoms with Crippen LogP contribution in [0.2, 0.25) is 0 Å². The van der Waals surface area contributed by atoms with Gasteiger partial charge in [-0.15, -0.1) is 11.3 Å². The summed E-state index contributed by atoms with van der Waals surface area (Å²) in [5, 5.41) is 12.7. The summed E-state index contributed by atoms with van der Waals surface area (Å²) in [4.78, 5) is 13.3. The first-order valence-electron chi connectivity index (χ1n) is 7.76. The minimum absolute atomic E-state index is 0.237. The number of fused-ring (bicyclic) bond motifs is 1. The van der Waals surface area contributed by atoms with Gasteiger partial charge in [0.25, 0.3) is 0 Å². The van der Waals surface area contributed by atoms with Gasteiger partial charge in [0.1, 0.15) is 12.1 Å². The van der Waals surface area contributed by atoms with Crippen molar-refractivity contribution in [1.82, 2.24) is 14.9 Å². The number of piperidine rings is 1. The molecular formula is C15H20N4O2S. The molecule has 0 aliphatic carbocycles. The predicted molar refractivity (Wildman–Crippen MR) is 86.4 cm³/mol. The molecular weight excluding hydrogens is 300 g/mol. The van der Waals surface area contributed by atoms with Crippen LogP contribution in [0.1, 0.15) is 6.42 Å². The highest BCUT2D eigenvalue weighted by molar-refractivity contribution is 7.17. The number of ether oxygens (including phenoxy) is 1. The normalized spacial score (nSPS) is 27.4. The number of rotatable bonds is 2. The Hall–Kier alpha value is -1.28. The van der Waals surface area contributed by atoms with E-state index in [9.17, 15) is 5.11 Å². The fourth-order valence-corrected chi connectivity index (χ4v) is 4.31. The number of hydrogen-bond donors (Lipinski definition) is 1. The lowest BCUT2D eigenvalue weighted by Gasteiger charge is -2.43. The van der Waals surface area contributed by atoms with Gasteiger partial charge in [0.2, 0.25) is 0 Å². The van der Waals surface area contributed by atoms with E-state index >= 15 is 0 Å². The first-order valence-corrected chi connectivity index (χ1v) is 8.64. The van der Waals surface area contributed by atoms with Gasteiger partial charge in [-0.1, -0.05) is 0 Å². The van der Waals surface area contributed by atoms with Crippen molar-refractivity contribution in [3.63, 3.8) is 0 Å². The Labute approximate surface area is 133 Å². The zero-order valence-corrected chi connectivity index (χ0v) is 13.2. The first kappa shape index (κ1) is 14.3. The SMILES string of the molecule is O[C@@H]1CN(c2ncnc3ccsc23)CC[C@H]1N1CCOCC1. The minimum Gasteiger partial charge on any atom is -0.390 e. The number of nitrogens with zero attached hydrogens (tertiary/aromatic N) is 4. The van der Waals surface area contributed by atoms with Crippen LogP contribution in [0.25, 0.3) is 10.2 Å². The fourth-order valence-electron chi connectivity index (χ4n) is 3.45. The van der Waals surface area contributed by atoms with Crippen molar-refractivity contribution in [2.75, 3.05) is 44.3 Å². The Balaban J connectivity index is 1.51. The van der Waals surface area contributed by atoms with Crippen molar-refractivity contribution in [1.29, 1.82) is 0 Å². The second kappa shape index (κ2) is 6.08. The van der Waals surface area contributed by atoms with Crippen LogP contribution in [0.15, 0.2) is 17.8 Å². The highest BCUT2D eigenvalue weighted by atomic mass is 32.1. The zero-order valence-electron chi connectivity index (χ0n) is 12.4. The number of aliphatic hydroxyl groups excluding tert-OH is 1. The molecule has 0 unspecified atom stereocenters. The molecule has 0 amide bonds. The van der Waals surface area contributed by atoms with Crippen molar-refractivity contribution in [2.24, 2.45) is 0 Å². The standard InChI is InChI=1S/C15H20N4O2S/c20-13-9-19(3-1-12(13)18-4-6-21-7-5-18)15-14-11(2-8-22-14)16-10-17-15/h2,8,10,12-13,20H,1,3-7,9H2/t12-,13-/m1/s1. The molecule has 118 valence electrons. The zero-order chi connectivity index (χ0) is 14.9. The average Bonchev–Trinajstić information content (AvgIpc) is 3.04. The van der Waals surface area contributed by atoms with Gasteiger partial charge in [-0.25, -0.2) is 9.97 Å². The maximum Gasteiger partial charge on any atom is 0.150 e. The van der Waals surface area contributed by atoms with Gasteiger partial charge in [0, 0.05) is 32.2 Å². The summed E-state index contributed by atoms with van der Waals surface area (Å²) in [7, 11) is 0. The molecule has 2 aromatic rings. The van der Waals surface area contributed by atoms with E-state index in [1.54, 1.807) is 17.7 Å². The average molecular weight is 320 g/mol. The number of aliphatic hydroxyl groups is 1. The van der Waals surface area contributed by atoms with Gasteiger partial charge in [0.15, 0.2) is 0 Å². The molecule has 22 heavy (non-hydrogen) atoms. The number of anilines is 1. The molecule has 4 rings (SSSR count). The lowest BCUT2D eigenvalue weighted by molar-refractivity contribution is -0.0274. The van der Waals surface area contributed by atoms with Crippen molar-refractivity contribution in [3.05, 3.63) is 17.8 Å². The summed E-state index contributed by atoms with van der Waals surface area (Å²) >= 11 is 1.66. The third kappa shape index (κ3) is 2.58. The molecule has 6 nitrogen and oxygen atoms in total. The highest BCUT2D eigenvalue weighted by Gasteiger charge is 2.33. The van der Waals surface area contributed by atoms with E-state index in [-0.39, 0.29) is 12.1 Å². The van der Waals surface area contributed by atoms with Gasteiger partial charge >= 0.3 is 0 Å². The Morgan fingerprint density at radius 1 is 1.23 bits per heavy atom. The summed E-state index contributed by atoms with van der Waals surface area (Å²) in [6.45, 7) is 4.94. The van der Waals surface area contributed by atoms with Crippen LogP contribution in [0.5, 0.6) is 0 Å². The van der Waals surface area contributed by atoms with Crippen molar-refractivity contribution in [2.45, 2.75) is 18.6 Å². The number of aromatic nitrogens is 2. The molecule has 4 heterocycles. The summed E-state index contributed by atoms with van der Waals surface area (Å²) in [5.41, 5.74) is 0.986. The predicted octanol–water partition coefficient (Wildman–Crippen LogP) is 0.963. The third-order valence-corrected chi connectivity index (χ3v) is 5.48. The molecule has 2 saturated heterocycles. The molecule has 0 saturated carbocycles. The van der Waals surface area contributed by atoms with E-state index < -0.39 is 0 Å². The molecule has 2 aliphatic heterocycles. The maximum absolute atomic E-state index is 10.6. The number of morpholine rings is 1. The Bertz CT molecular complexity index is 643. The van der Waals surface area contributed by atoms with E-state index in [0.29, 0.717) is 6.54 Å². The van der Waals surface area contributed by atoms with E-state index in [0.717, 1.165) is 55.3 Å². The van der Waals surface area contributed by atoms with Crippen molar-refractivity contribution >= 4 is 27.4 Å². The summed E-state index contributed by atoms with van der Waals surface area (Å²) in [6, 6.07) is 2.25. The molecule has 2 atom stereocenters. The van der Waals surface area contributed by atoms with E-state index in [1.807, 2.05) is 11.4 Å². The number of hydrogen-bond acceptors (Lipinski definition) is 7. The van der Waals surface area contributed by atoms with Gasteiger partial charge in [0.05, 0.1) is 29.5 Å². The van der Waals surface area contributed by atoms with E-state index in [4.69, 9.17) is 4.74 Å². The largest absolute Gasteiger partial charge is 0.390 e. The molecule has 2 aromatic heterocycles. The van der Waals surface area contributed by atoms with Crippen LogP contribution in [0.4, 0.5) is 5.82 Å². The monoisotopic (exact) mass is 320 g/mol. The molecule has 0 spiro atoms. The van der Waals surface area contributed by atoms with Crippen LogP contribution < -0.4 is 4.90 Å². The molecule has 0 bridgehead atoms. The number of β-amino-alcohol motifs (C(OH)–C–C–N with tert-alkyl or cyclic N) is 1. The van der Waals surface area contributed by atoms with Crippen LogP contribution in [0.3, 0.4) is 0 Å². The Morgan fingerprint density at radius 3 is 2.91 bits per heavy atom. The van der Waals surface area contributed by atoms with Gasteiger partial charge < -0.3 is 14.7 Å². The first-order chi connectivity index (χ1) is 10.8. The van der Waals surface area contributed by atoms with E-state index in [1.165, 1.54) is 0 Å². The molecule has 1 N–H and O–H groups in total. The molecule has 0 aromatic carbocycles. The summed E-state index contributed by atoms with van der Waals surface area (Å²) in [6.07, 6.45) is 2.22. The lowest BCUT2D eigenvalue weighted by atomic mass is 9.99. The topological polar surface area (TPSA) is 61.7 Å².